The van der Waals surface area contributed by atoms with Gasteiger partial charge in [-0.05, 0) is 80.5 Å². The van der Waals surface area contributed by atoms with Crippen LogP contribution in [0.4, 0.5) is 0 Å². The summed E-state index contributed by atoms with van der Waals surface area (Å²) in [5.74, 6) is 1.04. The van der Waals surface area contributed by atoms with E-state index in [4.69, 9.17) is 0 Å². The fourth-order valence-electron chi connectivity index (χ4n) is 6.78. The van der Waals surface area contributed by atoms with Crippen molar-refractivity contribution < 1.29 is 0 Å². The van der Waals surface area contributed by atoms with Crippen molar-refractivity contribution in [1.29, 1.82) is 0 Å². The van der Waals surface area contributed by atoms with Crippen LogP contribution in [0.3, 0.4) is 0 Å². The van der Waals surface area contributed by atoms with E-state index in [1.807, 2.05) is 0 Å². The Balaban J connectivity index is 1.51. The molecule has 4 rings (SSSR count). The van der Waals surface area contributed by atoms with Gasteiger partial charge in [-0.3, -0.25) is 0 Å². The van der Waals surface area contributed by atoms with Crippen molar-refractivity contribution in [2.75, 3.05) is 19.5 Å². The molecule has 2 heteroatoms. The summed E-state index contributed by atoms with van der Waals surface area (Å²) in [5.41, 5.74) is 3.27. The van der Waals surface area contributed by atoms with Crippen LogP contribution in [0.2, 0.25) is 0 Å². The molecule has 2 atom stereocenters. The van der Waals surface area contributed by atoms with Crippen molar-refractivity contribution in [3.8, 4) is 0 Å². The molecule has 0 radical (unpaired) electrons. The van der Waals surface area contributed by atoms with Crippen molar-refractivity contribution in [3.05, 3.63) is 30.3 Å². The first-order chi connectivity index (χ1) is 13.7. The van der Waals surface area contributed by atoms with Gasteiger partial charge >= 0.3 is 0 Å². The van der Waals surface area contributed by atoms with Gasteiger partial charge in [0, 0.05) is 7.26 Å². The SMILES string of the molecule is C[P+](C)(c1ccccc1)C1CCCC1CP(C1CCCCC1)C1CCCCC1. The number of hydrogen-bond acceptors (Lipinski definition) is 0. The molecule has 2 unspecified atom stereocenters. The van der Waals surface area contributed by atoms with E-state index in [9.17, 15) is 0 Å². The van der Waals surface area contributed by atoms with Crippen molar-refractivity contribution in [2.45, 2.75) is 100 Å². The molecule has 0 amide bonds. The van der Waals surface area contributed by atoms with Gasteiger partial charge in [0.2, 0.25) is 0 Å². The third-order valence-electron chi connectivity index (χ3n) is 8.40. The maximum atomic E-state index is 2.66. The van der Waals surface area contributed by atoms with Crippen LogP contribution < -0.4 is 5.30 Å². The van der Waals surface area contributed by atoms with Crippen molar-refractivity contribution in [2.24, 2.45) is 5.92 Å². The molecule has 0 nitrogen and oxygen atoms in total. The third kappa shape index (κ3) is 4.86. The van der Waals surface area contributed by atoms with Gasteiger partial charge in [-0.1, -0.05) is 64.6 Å². The lowest BCUT2D eigenvalue weighted by molar-refractivity contribution is 0.479. The summed E-state index contributed by atoms with van der Waals surface area (Å²) in [7, 11) is -0.758. The highest BCUT2D eigenvalue weighted by Crippen LogP contribution is 2.65. The Bertz CT molecular complexity index is 566. The molecule has 0 spiro atoms. The zero-order valence-corrected chi connectivity index (χ0v) is 20.3. The van der Waals surface area contributed by atoms with Gasteiger partial charge in [0.05, 0.1) is 24.3 Å². The number of benzene rings is 1. The molecule has 0 bridgehead atoms. The predicted octanol–water partition coefficient (Wildman–Crippen LogP) is 7.91. The first-order valence-electron chi connectivity index (χ1n) is 12.3. The zero-order valence-electron chi connectivity index (χ0n) is 18.5. The van der Waals surface area contributed by atoms with Crippen molar-refractivity contribution in [1.82, 2.24) is 0 Å². The minimum atomic E-state index is -1.02. The monoisotopic (exact) mass is 417 g/mol. The van der Waals surface area contributed by atoms with Crippen molar-refractivity contribution >= 4 is 20.5 Å². The molecular weight excluding hydrogens is 374 g/mol. The Kier molecular flexibility index (Phi) is 7.56. The molecule has 0 heterocycles. The molecule has 0 saturated heterocycles. The fraction of sp³-hybridized carbons (Fsp3) is 0.769. The summed E-state index contributed by atoms with van der Waals surface area (Å²) >= 11 is 0. The molecule has 3 aliphatic rings. The molecule has 1 aromatic carbocycles. The summed E-state index contributed by atoms with van der Waals surface area (Å²) < 4.78 is 0. The van der Waals surface area contributed by atoms with Crippen LogP contribution in [-0.4, -0.2) is 36.5 Å². The molecule has 3 saturated carbocycles. The van der Waals surface area contributed by atoms with E-state index >= 15 is 0 Å². The normalized spacial score (nSPS) is 28.1. The van der Waals surface area contributed by atoms with Gasteiger partial charge in [-0.15, -0.1) is 0 Å². The molecule has 28 heavy (non-hydrogen) atoms. The molecular formula is C26H43P2+. The van der Waals surface area contributed by atoms with Crippen LogP contribution in [0.25, 0.3) is 0 Å². The van der Waals surface area contributed by atoms with E-state index in [1.54, 1.807) is 43.6 Å². The largest absolute Gasteiger partial charge is 0.0999 e. The smallest absolute Gasteiger partial charge is 0.0936 e. The average Bonchev–Trinajstić information content (AvgIpc) is 3.23. The van der Waals surface area contributed by atoms with Gasteiger partial charge in [0.15, 0.2) is 0 Å². The van der Waals surface area contributed by atoms with Gasteiger partial charge in [-0.25, -0.2) is 0 Å². The Labute approximate surface area is 176 Å². The Morgan fingerprint density at radius 2 is 1.29 bits per heavy atom. The van der Waals surface area contributed by atoms with Crippen LogP contribution in [0, 0.1) is 5.92 Å². The molecule has 0 aliphatic heterocycles. The summed E-state index contributed by atoms with van der Waals surface area (Å²) in [6, 6.07) is 11.6. The standard InChI is InChI=1S/C26H43P2/c1-28(2,25-18-10-5-11-19-25)26-20-12-13-22(26)21-27(23-14-6-3-7-15-23)24-16-8-4-9-17-24/h5,10-11,18-19,22-24,26H,3-4,6-9,12-17,20-21H2,1-2H3/q+1. The summed E-state index contributed by atoms with van der Waals surface area (Å²) in [6.07, 6.45) is 21.7. The highest BCUT2D eigenvalue weighted by molar-refractivity contribution is 7.82. The summed E-state index contributed by atoms with van der Waals surface area (Å²) in [5, 5.41) is 1.69. The van der Waals surface area contributed by atoms with E-state index in [0.29, 0.717) is 0 Å². The van der Waals surface area contributed by atoms with Crippen LogP contribution >= 0.6 is 15.2 Å². The van der Waals surface area contributed by atoms with Crippen LogP contribution in [0.15, 0.2) is 30.3 Å². The van der Waals surface area contributed by atoms with Gasteiger partial charge in [0.25, 0.3) is 0 Å². The highest BCUT2D eigenvalue weighted by atomic mass is 31.2. The van der Waals surface area contributed by atoms with E-state index < -0.39 is 7.26 Å². The maximum Gasteiger partial charge on any atom is 0.0936 e. The quantitative estimate of drug-likeness (QED) is 0.413. The van der Waals surface area contributed by atoms with E-state index in [1.165, 1.54) is 51.4 Å². The second-order valence-corrected chi connectivity index (χ2v) is 17.5. The van der Waals surface area contributed by atoms with Gasteiger partial charge in [-0.2, -0.15) is 0 Å². The third-order valence-corrected chi connectivity index (χ3v) is 16.2. The lowest BCUT2D eigenvalue weighted by Crippen LogP contribution is -2.30. The first-order valence-corrected chi connectivity index (χ1v) is 16.7. The lowest BCUT2D eigenvalue weighted by atomic mass is 9.99. The van der Waals surface area contributed by atoms with Crippen LogP contribution in [-0.2, 0) is 0 Å². The van der Waals surface area contributed by atoms with E-state index in [-0.39, 0.29) is 7.92 Å². The van der Waals surface area contributed by atoms with Crippen LogP contribution in [0.5, 0.6) is 0 Å². The lowest BCUT2D eigenvalue weighted by Gasteiger charge is -2.41. The Morgan fingerprint density at radius 1 is 0.714 bits per heavy atom. The molecule has 156 valence electrons. The van der Waals surface area contributed by atoms with Crippen molar-refractivity contribution in [3.63, 3.8) is 0 Å². The summed E-state index contributed by atoms with van der Waals surface area (Å²) in [4.78, 5) is 0. The first kappa shape index (κ1) is 21.3. The van der Waals surface area contributed by atoms with Crippen LogP contribution in [0.1, 0.15) is 83.5 Å². The Morgan fingerprint density at radius 3 is 1.86 bits per heavy atom. The topological polar surface area (TPSA) is 0 Å². The second-order valence-electron chi connectivity index (χ2n) is 10.4. The molecule has 1 aromatic rings. The molecule has 0 aromatic heterocycles. The average molecular weight is 418 g/mol. The minimum Gasteiger partial charge on any atom is -0.0999 e. The summed E-state index contributed by atoms with van der Waals surface area (Å²) in [6.45, 7) is 5.32. The highest BCUT2D eigenvalue weighted by Gasteiger charge is 2.47. The molecule has 0 N–H and O–H groups in total. The minimum absolute atomic E-state index is 0.267. The molecule has 3 fully saturated rings. The number of rotatable bonds is 6. The zero-order chi connectivity index (χ0) is 19.4. The predicted molar refractivity (Wildman–Crippen MR) is 132 cm³/mol. The van der Waals surface area contributed by atoms with E-state index in [0.717, 1.165) is 22.9 Å². The van der Waals surface area contributed by atoms with E-state index in [2.05, 4.69) is 43.7 Å². The molecule has 3 aliphatic carbocycles. The maximum absolute atomic E-state index is 2.66. The Hall–Kier alpha value is 0.0800. The van der Waals surface area contributed by atoms with Gasteiger partial charge in [0.1, 0.15) is 0 Å². The number of hydrogen-bond donors (Lipinski definition) is 0. The van der Waals surface area contributed by atoms with Gasteiger partial charge < -0.3 is 0 Å². The second kappa shape index (κ2) is 9.92. The fourth-order valence-corrected chi connectivity index (χ4v) is 14.6.